The van der Waals surface area contributed by atoms with Gasteiger partial charge in [0.1, 0.15) is 5.65 Å². The Hall–Kier alpha value is -3.53. The van der Waals surface area contributed by atoms with Crippen LogP contribution in [0.1, 0.15) is 13.3 Å². The molecular formula is C23H25F2N7O. The number of benzene rings is 1. The third-order valence-corrected chi connectivity index (χ3v) is 6.19. The van der Waals surface area contributed by atoms with Crippen LogP contribution in [0.3, 0.4) is 0 Å². The number of H-pyrrole nitrogens is 1. The molecule has 4 aromatic rings. The van der Waals surface area contributed by atoms with Crippen molar-refractivity contribution >= 4 is 33.3 Å². The van der Waals surface area contributed by atoms with E-state index in [1.54, 1.807) is 18.6 Å². The average molecular weight is 453 g/mol. The summed E-state index contributed by atoms with van der Waals surface area (Å²) in [6.45, 7) is 4.48. The minimum absolute atomic E-state index is 0.177. The average Bonchev–Trinajstić information content (AvgIpc) is 3.47. The van der Waals surface area contributed by atoms with Gasteiger partial charge in [0.25, 0.3) is 0 Å². The van der Waals surface area contributed by atoms with Crippen molar-refractivity contribution in [3.63, 3.8) is 0 Å². The summed E-state index contributed by atoms with van der Waals surface area (Å²) in [7, 11) is 1.50. The van der Waals surface area contributed by atoms with Crippen LogP contribution in [0.5, 0.6) is 6.01 Å². The highest BCUT2D eigenvalue weighted by Crippen LogP contribution is 2.44. The van der Waals surface area contributed by atoms with E-state index in [2.05, 4.69) is 30.2 Å². The van der Waals surface area contributed by atoms with Crippen molar-refractivity contribution < 1.29 is 13.5 Å². The summed E-state index contributed by atoms with van der Waals surface area (Å²) in [5, 5.41) is 3.83. The Labute approximate surface area is 189 Å². The molecule has 0 radical (unpaired) electrons. The van der Waals surface area contributed by atoms with Gasteiger partial charge in [0.15, 0.2) is 11.6 Å². The highest BCUT2D eigenvalue weighted by molar-refractivity contribution is 6.18. The van der Waals surface area contributed by atoms with Crippen LogP contribution < -0.4 is 20.7 Å². The normalized spacial score (nSPS) is 16.2. The minimum atomic E-state index is -0.912. The fraction of sp³-hybridized carbons (Fsp3) is 0.348. The topological polar surface area (TPSA) is 105 Å². The van der Waals surface area contributed by atoms with Gasteiger partial charge in [0.05, 0.1) is 34.8 Å². The van der Waals surface area contributed by atoms with Crippen molar-refractivity contribution in [1.82, 2.24) is 19.9 Å². The lowest BCUT2D eigenvalue weighted by atomic mass is 10.0. The van der Waals surface area contributed by atoms with E-state index in [1.807, 2.05) is 6.92 Å². The molecule has 0 aliphatic carbocycles. The fourth-order valence-corrected chi connectivity index (χ4v) is 4.60. The molecule has 1 aliphatic rings. The molecule has 0 spiro atoms. The van der Waals surface area contributed by atoms with Gasteiger partial charge in [0, 0.05) is 55.4 Å². The summed E-state index contributed by atoms with van der Waals surface area (Å²) in [5.74, 6) is -1.50. The van der Waals surface area contributed by atoms with Crippen LogP contribution in [-0.2, 0) is 0 Å². The number of aromatic amines is 1. The van der Waals surface area contributed by atoms with Gasteiger partial charge in [0.2, 0.25) is 0 Å². The number of nitrogens with zero attached hydrogens (tertiary/aromatic N) is 4. The van der Waals surface area contributed by atoms with E-state index in [-0.39, 0.29) is 11.4 Å². The van der Waals surface area contributed by atoms with Gasteiger partial charge in [-0.25, -0.2) is 23.7 Å². The van der Waals surface area contributed by atoms with Crippen molar-refractivity contribution in [1.29, 1.82) is 0 Å². The lowest BCUT2D eigenvalue weighted by Gasteiger charge is -2.23. The summed E-state index contributed by atoms with van der Waals surface area (Å²) >= 11 is 0. The molecule has 4 heterocycles. The lowest BCUT2D eigenvalue weighted by molar-refractivity contribution is 0.380. The molecule has 0 unspecified atom stereocenters. The Bertz CT molecular complexity index is 1320. The summed E-state index contributed by atoms with van der Waals surface area (Å²) < 4.78 is 35.0. The molecule has 5 rings (SSSR count). The van der Waals surface area contributed by atoms with Crippen molar-refractivity contribution in [3.8, 4) is 17.1 Å². The number of pyridine rings is 1. The standard InChI is InChI=1S/C23H25F2N7O/c1-3-27-16-6-15(24)19(25)17-18-21(32-5-4-12(7-26)11-32)14(10-28-22(18)31-20(16)17)13-8-29-23(33-2)30-9-13/h6,8-10,12,27H,3-5,7,11,26H2,1-2H3,(H,28,31)/t12-/m0/s1. The summed E-state index contributed by atoms with van der Waals surface area (Å²) in [5.41, 5.74) is 9.60. The molecule has 1 aromatic carbocycles. The summed E-state index contributed by atoms with van der Waals surface area (Å²) in [4.78, 5) is 18.4. The number of ether oxygens (including phenoxy) is 1. The highest BCUT2D eigenvalue weighted by atomic mass is 19.2. The molecule has 1 atom stereocenters. The van der Waals surface area contributed by atoms with Gasteiger partial charge in [-0.1, -0.05) is 0 Å². The van der Waals surface area contributed by atoms with E-state index >= 15 is 4.39 Å². The van der Waals surface area contributed by atoms with Crippen molar-refractivity contribution in [2.45, 2.75) is 13.3 Å². The molecule has 0 saturated carbocycles. The molecule has 10 heteroatoms. The molecule has 1 aliphatic heterocycles. The van der Waals surface area contributed by atoms with E-state index in [0.29, 0.717) is 53.4 Å². The van der Waals surface area contributed by atoms with Crippen LogP contribution in [0.25, 0.3) is 33.1 Å². The van der Waals surface area contributed by atoms with Gasteiger partial charge in [-0.05, 0) is 25.8 Å². The highest BCUT2D eigenvalue weighted by Gasteiger charge is 2.29. The lowest BCUT2D eigenvalue weighted by Crippen LogP contribution is -2.23. The minimum Gasteiger partial charge on any atom is -0.467 e. The summed E-state index contributed by atoms with van der Waals surface area (Å²) in [6.07, 6.45) is 5.92. The number of fused-ring (bicyclic) bond motifs is 3. The predicted octanol–water partition coefficient (Wildman–Crippen LogP) is 3.68. The number of rotatable bonds is 6. The number of anilines is 2. The first-order chi connectivity index (χ1) is 16.0. The smallest absolute Gasteiger partial charge is 0.316 e. The fourth-order valence-electron chi connectivity index (χ4n) is 4.60. The van der Waals surface area contributed by atoms with Crippen LogP contribution in [0.2, 0.25) is 0 Å². The number of hydrogen-bond donors (Lipinski definition) is 3. The van der Waals surface area contributed by atoms with Gasteiger partial charge < -0.3 is 25.7 Å². The maximum atomic E-state index is 15.3. The molecule has 1 saturated heterocycles. The quantitative estimate of drug-likeness (QED) is 0.409. The second-order valence-electron chi connectivity index (χ2n) is 8.16. The molecular weight excluding hydrogens is 428 g/mol. The molecule has 172 valence electrons. The van der Waals surface area contributed by atoms with Crippen molar-refractivity contribution in [3.05, 3.63) is 36.3 Å². The van der Waals surface area contributed by atoms with Crippen LogP contribution in [-0.4, -0.2) is 53.2 Å². The van der Waals surface area contributed by atoms with E-state index in [0.717, 1.165) is 24.2 Å². The Kier molecular flexibility index (Phi) is 5.45. The van der Waals surface area contributed by atoms with E-state index in [1.165, 1.54) is 13.2 Å². The maximum Gasteiger partial charge on any atom is 0.316 e. The maximum absolute atomic E-state index is 15.3. The first kappa shape index (κ1) is 21.3. The molecule has 4 N–H and O–H groups in total. The largest absolute Gasteiger partial charge is 0.467 e. The molecule has 0 amide bonds. The Morgan fingerprint density at radius 3 is 2.67 bits per heavy atom. The third kappa shape index (κ3) is 3.50. The number of nitrogens with two attached hydrogens (primary N) is 1. The van der Waals surface area contributed by atoms with Gasteiger partial charge in [-0.15, -0.1) is 0 Å². The van der Waals surface area contributed by atoms with Crippen LogP contribution >= 0.6 is 0 Å². The second-order valence-corrected chi connectivity index (χ2v) is 8.16. The molecule has 3 aromatic heterocycles. The number of halogens is 2. The number of hydrogen-bond acceptors (Lipinski definition) is 7. The Balaban J connectivity index is 1.84. The van der Waals surface area contributed by atoms with Crippen LogP contribution in [0, 0.1) is 17.6 Å². The van der Waals surface area contributed by atoms with E-state index < -0.39 is 11.6 Å². The summed E-state index contributed by atoms with van der Waals surface area (Å²) in [6, 6.07) is 1.42. The number of nitrogens with one attached hydrogen (secondary N) is 2. The first-order valence-corrected chi connectivity index (χ1v) is 10.9. The number of aromatic nitrogens is 4. The zero-order chi connectivity index (χ0) is 23.1. The Morgan fingerprint density at radius 2 is 2.00 bits per heavy atom. The molecule has 33 heavy (non-hydrogen) atoms. The second kappa shape index (κ2) is 8.43. The van der Waals surface area contributed by atoms with E-state index in [9.17, 15) is 4.39 Å². The molecule has 8 nitrogen and oxygen atoms in total. The van der Waals surface area contributed by atoms with Gasteiger partial charge in [-0.3, -0.25) is 0 Å². The molecule has 0 bridgehead atoms. The van der Waals surface area contributed by atoms with Gasteiger partial charge in [-0.2, -0.15) is 0 Å². The molecule has 1 fully saturated rings. The zero-order valence-corrected chi connectivity index (χ0v) is 18.5. The van der Waals surface area contributed by atoms with Crippen LogP contribution in [0.15, 0.2) is 24.7 Å². The predicted molar refractivity (Wildman–Crippen MR) is 125 cm³/mol. The van der Waals surface area contributed by atoms with Crippen molar-refractivity contribution in [2.75, 3.05) is 43.5 Å². The van der Waals surface area contributed by atoms with E-state index in [4.69, 9.17) is 10.5 Å². The third-order valence-electron chi connectivity index (χ3n) is 6.19. The Morgan fingerprint density at radius 1 is 1.21 bits per heavy atom. The van der Waals surface area contributed by atoms with Crippen LogP contribution in [0.4, 0.5) is 20.2 Å². The SMILES string of the molecule is CCNc1cc(F)c(F)c2c1[nH]c1ncc(-c3cnc(OC)nc3)c(N3CC[C@@H](CN)C3)c12. The monoisotopic (exact) mass is 453 g/mol. The van der Waals surface area contributed by atoms with Gasteiger partial charge >= 0.3 is 6.01 Å². The zero-order valence-electron chi connectivity index (χ0n) is 18.5. The number of methoxy groups -OCH3 is 1. The first-order valence-electron chi connectivity index (χ1n) is 10.9. The van der Waals surface area contributed by atoms with Crippen molar-refractivity contribution in [2.24, 2.45) is 11.7 Å².